The number of nitrogens with zero attached hydrogens (tertiary/aromatic N) is 2. The number of phenolic OH excluding ortho intramolecular Hbond substituents is 1. The zero-order valence-corrected chi connectivity index (χ0v) is 35.2. The van der Waals surface area contributed by atoms with Crippen molar-refractivity contribution < 1.29 is 57.6 Å². The van der Waals surface area contributed by atoms with E-state index in [4.69, 9.17) is 23.7 Å². The Balaban J connectivity index is 1.53. The van der Waals surface area contributed by atoms with E-state index in [1.807, 2.05) is 81.6 Å². The molecule has 0 aliphatic carbocycles. The molecule has 59 heavy (non-hydrogen) atoms. The number of aliphatic carboxylic acids is 2. The maximum Gasteiger partial charge on any atom is 0.362 e. The highest BCUT2D eigenvalue weighted by Crippen LogP contribution is 2.54. The van der Waals surface area contributed by atoms with Crippen LogP contribution in [0.4, 0.5) is 0 Å². The minimum absolute atomic E-state index is 0.162. The maximum absolute atomic E-state index is 13.2. The lowest BCUT2D eigenvalue weighted by molar-refractivity contribution is -0.956. The van der Waals surface area contributed by atoms with Gasteiger partial charge in [0.2, 0.25) is 5.75 Å². The van der Waals surface area contributed by atoms with Crippen LogP contribution >= 0.6 is 0 Å². The zero-order chi connectivity index (χ0) is 42.2. The van der Waals surface area contributed by atoms with Gasteiger partial charge < -0.3 is 48.0 Å². The molecule has 6 unspecified atom stereocenters. The van der Waals surface area contributed by atoms with Crippen LogP contribution in [-0.4, -0.2) is 96.8 Å². The summed E-state index contributed by atoms with van der Waals surface area (Å²) in [5.74, 6) is 0.978. The third-order valence-electron chi connectivity index (χ3n) is 13.4. The van der Waals surface area contributed by atoms with Crippen LogP contribution in [0, 0.1) is 0 Å². The van der Waals surface area contributed by atoms with Crippen LogP contribution in [0.1, 0.15) is 85.0 Å². The highest BCUT2D eigenvalue weighted by atomic mass is 16.5. The zero-order valence-electron chi connectivity index (χ0n) is 35.2. The first-order chi connectivity index (χ1) is 28.3. The molecule has 4 aliphatic heterocycles. The number of hydrogen-bond donors (Lipinski definition) is 3. The Morgan fingerprint density at radius 3 is 1.83 bits per heavy atom. The smallest absolute Gasteiger partial charge is 0.362 e. The summed E-state index contributed by atoms with van der Waals surface area (Å²) < 4.78 is 31.5. The number of methoxy groups -OCH3 is 3. The monoisotopic (exact) mass is 810 g/mol. The lowest BCUT2D eigenvalue weighted by atomic mass is 9.83. The molecule has 4 aromatic carbocycles. The van der Waals surface area contributed by atoms with Gasteiger partial charge in [0.25, 0.3) is 0 Å². The molecule has 0 saturated carbocycles. The summed E-state index contributed by atoms with van der Waals surface area (Å²) in [6, 6.07) is 17.3. The van der Waals surface area contributed by atoms with Crippen molar-refractivity contribution in [3.8, 4) is 46.0 Å². The number of carboxylic acid groups (broad SMARTS) is 2. The second kappa shape index (κ2) is 16.7. The van der Waals surface area contributed by atoms with Gasteiger partial charge in [0.05, 0.1) is 54.1 Å². The average molecular weight is 811 g/mol. The lowest BCUT2D eigenvalue weighted by Crippen LogP contribution is -2.60. The van der Waals surface area contributed by atoms with E-state index in [2.05, 4.69) is 7.05 Å². The van der Waals surface area contributed by atoms with Gasteiger partial charge in [-0.25, -0.2) is 9.59 Å². The predicted octanol–water partition coefficient (Wildman–Crippen LogP) is 8.40. The van der Waals surface area contributed by atoms with E-state index in [1.165, 1.54) is 7.11 Å². The number of aromatic hydroxyl groups is 1. The molecular formula is C47H58N2O10+2. The average Bonchev–Trinajstić information content (AvgIpc) is 3.22. The van der Waals surface area contributed by atoms with Crippen LogP contribution in [-0.2, 0) is 35.3 Å². The number of likely N-dealkylation sites (N-methyl/N-ethyl adjacent to an activating group) is 2. The Bertz CT molecular complexity index is 2220. The Hall–Kier alpha value is -5.46. The summed E-state index contributed by atoms with van der Waals surface area (Å²) in [6.45, 7) is 5.15. The molecule has 4 heterocycles. The van der Waals surface area contributed by atoms with Crippen LogP contribution in [0.5, 0.6) is 46.0 Å². The molecule has 0 spiro atoms. The molecule has 12 heteroatoms. The van der Waals surface area contributed by atoms with Crippen molar-refractivity contribution in [1.82, 2.24) is 0 Å². The third-order valence-corrected chi connectivity index (χ3v) is 13.4. The maximum atomic E-state index is 13.2. The van der Waals surface area contributed by atoms with Crippen LogP contribution in [0.2, 0.25) is 0 Å². The molecule has 0 aromatic heterocycles. The molecule has 3 N–H and O–H groups in total. The van der Waals surface area contributed by atoms with Gasteiger partial charge in [-0.15, -0.1) is 0 Å². The number of carboxylic acids is 2. The second-order valence-corrected chi connectivity index (χ2v) is 16.7. The molecule has 4 aromatic rings. The van der Waals surface area contributed by atoms with E-state index in [-0.39, 0.29) is 32.3 Å². The first-order valence-electron chi connectivity index (χ1n) is 20.7. The number of quaternary nitrogens is 2. The summed E-state index contributed by atoms with van der Waals surface area (Å²) in [7, 11) is 8.73. The van der Waals surface area contributed by atoms with E-state index in [9.17, 15) is 24.9 Å². The Morgan fingerprint density at radius 2 is 1.24 bits per heavy atom. The number of benzene rings is 4. The van der Waals surface area contributed by atoms with Crippen molar-refractivity contribution in [1.29, 1.82) is 0 Å². The van der Waals surface area contributed by atoms with E-state index in [0.29, 0.717) is 92.3 Å². The molecule has 314 valence electrons. The van der Waals surface area contributed by atoms with E-state index < -0.39 is 30.1 Å². The SMILES string of the molecule is CCCC(C(=O)O)[N+]1(C)CCc2cc(OC)c3cc2C1Cc1ccc(cc1)Oc1cc(ccc1OC)CC1c2c(cc(OC)c(O)c2O3)CC[N+]1(C)C(CCC)C(=O)O. The highest BCUT2D eigenvalue weighted by molar-refractivity contribution is 5.73. The van der Waals surface area contributed by atoms with Crippen molar-refractivity contribution in [3.05, 3.63) is 94.0 Å². The van der Waals surface area contributed by atoms with Crippen LogP contribution in [0.25, 0.3) is 0 Å². The molecule has 8 rings (SSSR count). The molecule has 4 aliphatic rings. The highest BCUT2D eigenvalue weighted by Gasteiger charge is 2.51. The Labute approximate surface area is 346 Å². The van der Waals surface area contributed by atoms with Crippen LogP contribution < -0.4 is 23.7 Å². The minimum atomic E-state index is -0.883. The summed E-state index contributed by atoms with van der Waals surface area (Å²) in [5.41, 5.74) is 5.46. The first kappa shape index (κ1) is 41.7. The summed E-state index contributed by atoms with van der Waals surface area (Å²) >= 11 is 0. The van der Waals surface area contributed by atoms with Gasteiger partial charge in [-0.3, -0.25) is 0 Å². The minimum Gasteiger partial charge on any atom is -0.502 e. The van der Waals surface area contributed by atoms with E-state index in [0.717, 1.165) is 34.2 Å². The van der Waals surface area contributed by atoms with Gasteiger partial charge in [0.1, 0.15) is 17.8 Å². The third kappa shape index (κ3) is 7.53. The van der Waals surface area contributed by atoms with Gasteiger partial charge in [-0.05, 0) is 77.6 Å². The second-order valence-electron chi connectivity index (χ2n) is 16.7. The molecule has 0 amide bonds. The topological polar surface area (TPSA) is 141 Å². The van der Waals surface area contributed by atoms with Crippen molar-refractivity contribution in [2.75, 3.05) is 48.5 Å². The van der Waals surface area contributed by atoms with Gasteiger partial charge in [-0.1, -0.05) is 32.0 Å². The van der Waals surface area contributed by atoms with Crippen molar-refractivity contribution >= 4 is 11.9 Å². The number of carbonyl (C=O) groups is 2. The standard InChI is InChI=1S/C47H56N2O10/c1-8-10-34(46(51)52)48(3)20-18-30-25-39(56-6)41-27-33(30)36(48)22-28-12-15-32(16-13-28)58-40-24-29(14-17-38(40)55-5)23-37-43-31(26-42(57-7)44(50)45(43)59-41)19-21-49(37,4)35(11-9-2)47(53)54/h12-17,24-27,34-37H,8-11,18-23H2,1-7H3,(H-2,50,51,52,53,54)/p+2. The molecule has 6 atom stereocenters. The molecule has 0 saturated heterocycles. The number of ether oxygens (including phenoxy) is 5. The predicted molar refractivity (Wildman–Crippen MR) is 222 cm³/mol. The van der Waals surface area contributed by atoms with E-state index in [1.54, 1.807) is 14.2 Å². The molecule has 6 bridgehead atoms. The Morgan fingerprint density at radius 1 is 0.695 bits per heavy atom. The van der Waals surface area contributed by atoms with E-state index >= 15 is 0 Å². The largest absolute Gasteiger partial charge is 0.502 e. The first-order valence-corrected chi connectivity index (χ1v) is 20.7. The number of phenols is 1. The quantitative estimate of drug-likeness (QED) is 0.127. The van der Waals surface area contributed by atoms with Gasteiger partial charge >= 0.3 is 11.9 Å². The van der Waals surface area contributed by atoms with Crippen molar-refractivity contribution in [3.63, 3.8) is 0 Å². The Kier molecular flexibility index (Phi) is 11.8. The number of fused-ring (bicyclic) bond motifs is 2. The molecule has 12 nitrogen and oxygen atoms in total. The van der Waals surface area contributed by atoms with Crippen LogP contribution in [0.15, 0.2) is 60.7 Å². The van der Waals surface area contributed by atoms with Gasteiger partial charge in [-0.2, -0.15) is 0 Å². The number of hydrogen-bond acceptors (Lipinski definition) is 8. The van der Waals surface area contributed by atoms with Crippen molar-refractivity contribution in [2.45, 2.75) is 89.4 Å². The molecule has 0 radical (unpaired) electrons. The van der Waals surface area contributed by atoms with Crippen molar-refractivity contribution in [2.24, 2.45) is 0 Å². The molecular weight excluding hydrogens is 753 g/mol. The summed E-state index contributed by atoms with van der Waals surface area (Å²) in [4.78, 5) is 26.3. The van der Waals surface area contributed by atoms with Gasteiger partial charge in [0.15, 0.2) is 46.6 Å². The summed E-state index contributed by atoms with van der Waals surface area (Å²) in [5, 5.41) is 33.7. The van der Waals surface area contributed by atoms with Crippen LogP contribution in [0.3, 0.4) is 0 Å². The number of rotatable bonds is 11. The molecule has 0 fully saturated rings. The van der Waals surface area contributed by atoms with Gasteiger partial charge in [0, 0.05) is 44.1 Å². The lowest BCUT2D eigenvalue weighted by Gasteiger charge is -2.49. The fraction of sp³-hybridized carbons (Fsp3) is 0.447. The normalized spacial score (nSPS) is 23.0. The fourth-order valence-corrected chi connectivity index (χ4v) is 10.1. The summed E-state index contributed by atoms with van der Waals surface area (Å²) in [6.07, 6.45) is 4.43. The fourth-order valence-electron chi connectivity index (χ4n) is 10.1.